The van der Waals surface area contributed by atoms with Crippen molar-refractivity contribution >= 4 is 45.0 Å². The van der Waals surface area contributed by atoms with Gasteiger partial charge in [0, 0.05) is 19.7 Å². The molecule has 0 atom stereocenters. The molecule has 0 spiro atoms. The maximum Gasteiger partial charge on any atom is 0.259 e. The molecule has 0 aliphatic rings. The number of nitrogens with zero attached hydrogens (tertiary/aromatic N) is 1. The van der Waals surface area contributed by atoms with Crippen LogP contribution < -0.4 is 4.74 Å². The predicted molar refractivity (Wildman–Crippen MR) is 96.0 cm³/mol. The SMILES string of the molecule is CN(C)C(=O)COc1ccc(C(=O)C=Cc2csc(Br)c2)cc1. The molecule has 0 aliphatic carbocycles. The minimum atomic E-state index is -0.116. The smallest absolute Gasteiger partial charge is 0.259 e. The highest BCUT2D eigenvalue weighted by Gasteiger charge is 2.06. The number of ketones is 1. The first-order valence-electron chi connectivity index (χ1n) is 6.85. The van der Waals surface area contributed by atoms with E-state index >= 15 is 0 Å². The van der Waals surface area contributed by atoms with Crippen LogP contribution in [0.2, 0.25) is 0 Å². The van der Waals surface area contributed by atoms with E-state index in [1.54, 1.807) is 61.8 Å². The second-order valence-electron chi connectivity index (χ2n) is 4.98. The Morgan fingerprint density at radius 3 is 2.52 bits per heavy atom. The molecule has 1 heterocycles. The zero-order valence-electron chi connectivity index (χ0n) is 12.8. The zero-order chi connectivity index (χ0) is 16.8. The fourth-order valence-electron chi connectivity index (χ4n) is 1.67. The second-order valence-corrected chi connectivity index (χ2v) is 7.27. The van der Waals surface area contributed by atoms with E-state index in [-0.39, 0.29) is 18.3 Å². The molecule has 2 aromatic rings. The summed E-state index contributed by atoms with van der Waals surface area (Å²) < 4.78 is 6.40. The Balaban J connectivity index is 1.94. The molecule has 0 fully saturated rings. The lowest BCUT2D eigenvalue weighted by Gasteiger charge is -2.11. The molecule has 6 heteroatoms. The molecule has 0 radical (unpaired) electrons. The Bertz CT molecular complexity index is 720. The van der Waals surface area contributed by atoms with Gasteiger partial charge in [-0.15, -0.1) is 11.3 Å². The summed E-state index contributed by atoms with van der Waals surface area (Å²) in [6.45, 7) is -0.0206. The number of amides is 1. The lowest BCUT2D eigenvalue weighted by atomic mass is 10.1. The fourth-order valence-corrected chi connectivity index (χ4v) is 2.81. The molecule has 0 saturated carbocycles. The molecule has 0 N–H and O–H groups in total. The van der Waals surface area contributed by atoms with Gasteiger partial charge in [-0.3, -0.25) is 9.59 Å². The molecule has 120 valence electrons. The highest BCUT2D eigenvalue weighted by atomic mass is 79.9. The van der Waals surface area contributed by atoms with Crippen molar-refractivity contribution in [2.75, 3.05) is 20.7 Å². The molecule has 1 aromatic heterocycles. The number of benzene rings is 1. The van der Waals surface area contributed by atoms with E-state index in [0.717, 1.165) is 9.35 Å². The highest BCUT2D eigenvalue weighted by molar-refractivity contribution is 9.11. The standard InChI is InChI=1S/C17H16BrNO3S/c1-19(2)17(21)10-22-14-6-4-13(5-7-14)15(20)8-3-12-9-16(18)23-11-12/h3-9,11H,10H2,1-2H3. The fraction of sp³-hybridized carbons (Fsp3) is 0.176. The molecule has 23 heavy (non-hydrogen) atoms. The Labute approximate surface area is 147 Å². The number of allylic oxidation sites excluding steroid dienone is 1. The van der Waals surface area contributed by atoms with Gasteiger partial charge in [0.15, 0.2) is 12.4 Å². The second kappa shape index (κ2) is 8.08. The van der Waals surface area contributed by atoms with E-state index in [0.29, 0.717) is 11.3 Å². The van der Waals surface area contributed by atoms with Gasteiger partial charge in [0.25, 0.3) is 5.91 Å². The minimum Gasteiger partial charge on any atom is -0.484 e. The van der Waals surface area contributed by atoms with Crippen LogP contribution in [0.1, 0.15) is 15.9 Å². The summed E-state index contributed by atoms with van der Waals surface area (Å²) >= 11 is 4.95. The summed E-state index contributed by atoms with van der Waals surface area (Å²) in [6.07, 6.45) is 3.32. The lowest BCUT2D eigenvalue weighted by molar-refractivity contribution is -0.130. The molecular formula is C17H16BrNO3S. The van der Waals surface area contributed by atoms with Gasteiger partial charge in [0.1, 0.15) is 5.75 Å². The topological polar surface area (TPSA) is 46.6 Å². The number of thiophene rings is 1. The molecule has 1 amide bonds. The van der Waals surface area contributed by atoms with Crippen LogP contribution in [0.4, 0.5) is 0 Å². The van der Waals surface area contributed by atoms with Crippen molar-refractivity contribution in [2.45, 2.75) is 0 Å². The van der Waals surface area contributed by atoms with Crippen molar-refractivity contribution in [1.29, 1.82) is 0 Å². The van der Waals surface area contributed by atoms with Gasteiger partial charge in [-0.2, -0.15) is 0 Å². The number of halogens is 1. The van der Waals surface area contributed by atoms with Gasteiger partial charge < -0.3 is 9.64 Å². The predicted octanol–water partition coefficient (Wildman–Crippen LogP) is 3.87. The van der Waals surface area contributed by atoms with Gasteiger partial charge in [-0.1, -0.05) is 6.08 Å². The highest BCUT2D eigenvalue weighted by Crippen LogP contribution is 2.21. The van der Waals surface area contributed by atoms with Crippen molar-refractivity contribution in [2.24, 2.45) is 0 Å². The van der Waals surface area contributed by atoms with E-state index < -0.39 is 0 Å². The monoisotopic (exact) mass is 393 g/mol. The third kappa shape index (κ3) is 5.33. The summed E-state index contributed by atoms with van der Waals surface area (Å²) in [6, 6.07) is 8.70. The molecule has 0 aliphatic heterocycles. The summed E-state index contributed by atoms with van der Waals surface area (Å²) in [5.41, 5.74) is 1.55. The van der Waals surface area contributed by atoms with Gasteiger partial charge in [0.2, 0.25) is 0 Å². The third-order valence-electron chi connectivity index (χ3n) is 3.01. The maximum atomic E-state index is 12.1. The van der Waals surface area contributed by atoms with Crippen LogP contribution in [0.3, 0.4) is 0 Å². The first kappa shape index (κ1) is 17.4. The molecule has 2 rings (SSSR count). The summed E-state index contributed by atoms with van der Waals surface area (Å²) in [5.74, 6) is 0.362. The van der Waals surface area contributed by atoms with Crippen molar-refractivity contribution in [3.05, 3.63) is 56.7 Å². The normalized spacial score (nSPS) is 10.7. The number of hydrogen-bond donors (Lipinski definition) is 0. The molecular weight excluding hydrogens is 378 g/mol. The maximum absolute atomic E-state index is 12.1. The van der Waals surface area contributed by atoms with Gasteiger partial charge in [-0.05, 0) is 63.3 Å². The summed E-state index contributed by atoms with van der Waals surface area (Å²) in [5, 5.41) is 1.96. The van der Waals surface area contributed by atoms with E-state index in [1.165, 1.54) is 4.90 Å². The van der Waals surface area contributed by atoms with Crippen LogP contribution in [0, 0.1) is 0 Å². The molecule has 1 aromatic carbocycles. The lowest BCUT2D eigenvalue weighted by Crippen LogP contribution is -2.27. The largest absolute Gasteiger partial charge is 0.484 e. The van der Waals surface area contributed by atoms with Gasteiger partial charge >= 0.3 is 0 Å². The van der Waals surface area contributed by atoms with E-state index in [9.17, 15) is 9.59 Å². The molecule has 0 bridgehead atoms. The van der Waals surface area contributed by atoms with Crippen LogP contribution in [-0.2, 0) is 4.79 Å². The van der Waals surface area contributed by atoms with Crippen molar-refractivity contribution in [3.8, 4) is 5.75 Å². The van der Waals surface area contributed by atoms with Crippen LogP contribution >= 0.6 is 27.3 Å². The van der Waals surface area contributed by atoms with E-state index in [2.05, 4.69) is 15.9 Å². The zero-order valence-corrected chi connectivity index (χ0v) is 15.2. The number of carbonyl (C=O) groups is 2. The van der Waals surface area contributed by atoms with Crippen molar-refractivity contribution in [3.63, 3.8) is 0 Å². The third-order valence-corrected chi connectivity index (χ3v) is 4.54. The Morgan fingerprint density at radius 2 is 1.96 bits per heavy atom. The number of hydrogen-bond acceptors (Lipinski definition) is 4. The summed E-state index contributed by atoms with van der Waals surface area (Å²) in [4.78, 5) is 25.0. The van der Waals surface area contributed by atoms with Gasteiger partial charge in [0.05, 0.1) is 3.79 Å². The quantitative estimate of drug-likeness (QED) is 0.552. The van der Waals surface area contributed by atoms with Crippen molar-refractivity contribution in [1.82, 2.24) is 4.90 Å². The van der Waals surface area contributed by atoms with E-state index in [4.69, 9.17) is 4.74 Å². The summed E-state index contributed by atoms with van der Waals surface area (Å²) in [7, 11) is 3.34. The van der Waals surface area contributed by atoms with Crippen molar-refractivity contribution < 1.29 is 14.3 Å². The average molecular weight is 394 g/mol. The van der Waals surface area contributed by atoms with Gasteiger partial charge in [-0.25, -0.2) is 0 Å². The van der Waals surface area contributed by atoms with Crippen LogP contribution in [-0.4, -0.2) is 37.3 Å². The Kier molecular flexibility index (Phi) is 6.12. The van der Waals surface area contributed by atoms with Crippen LogP contribution in [0.15, 0.2) is 45.6 Å². The first-order valence-corrected chi connectivity index (χ1v) is 8.52. The minimum absolute atomic E-state index is 0.0206. The average Bonchev–Trinajstić information content (AvgIpc) is 2.96. The number of rotatable bonds is 6. The Morgan fingerprint density at radius 1 is 1.26 bits per heavy atom. The number of carbonyl (C=O) groups excluding carboxylic acids is 2. The number of ether oxygens (including phenoxy) is 1. The van der Waals surface area contributed by atoms with E-state index in [1.807, 2.05) is 11.4 Å². The van der Waals surface area contributed by atoms with Crippen LogP contribution in [0.5, 0.6) is 5.75 Å². The molecule has 4 nitrogen and oxygen atoms in total. The first-order chi connectivity index (χ1) is 11.0. The Hall–Kier alpha value is -1.92. The molecule has 0 saturated heterocycles. The number of likely N-dealkylation sites (N-methyl/N-ethyl adjacent to an activating group) is 1. The molecule has 0 unspecified atom stereocenters. The van der Waals surface area contributed by atoms with Crippen LogP contribution in [0.25, 0.3) is 6.08 Å².